The Morgan fingerprint density at radius 2 is 2.28 bits per heavy atom. The van der Waals surface area contributed by atoms with Crippen molar-refractivity contribution >= 4 is 50.3 Å². The Hall–Kier alpha value is -1.24. The van der Waals surface area contributed by atoms with Gasteiger partial charge in [-0.3, -0.25) is 0 Å². The first-order valence-corrected chi connectivity index (χ1v) is 7.36. The molecule has 7 heteroatoms. The number of hydrogen-bond donors (Lipinski definition) is 1. The molecule has 3 rings (SSSR count). The Balaban J connectivity index is 1.87. The second kappa shape index (κ2) is 4.79. The number of nitrogens with zero attached hydrogens (tertiary/aromatic N) is 3. The van der Waals surface area contributed by atoms with Gasteiger partial charge in [0.1, 0.15) is 10.6 Å². The molecule has 0 atom stereocenters. The third-order valence-corrected chi connectivity index (χ3v) is 4.29. The third kappa shape index (κ3) is 2.31. The van der Waals surface area contributed by atoms with Crippen molar-refractivity contribution in [3.63, 3.8) is 0 Å². The molecule has 4 nitrogen and oxygen atoms in total. The van der Waals surface area contributed by atoms with E-state index in [9.17, 15) is 0 Å². The van der Waals surface area contributed by atoms with E-state index in [1.807, 2.05) is 24.6 Å². The van der Waals surface area contributed by atoms with E-state index in [1.54, 1.807) is 22.7 Å². The van der Waals surface area contributed by atoms with Crippen LogP contribution in [0, 0.1) is 6.92 Å². The second-order valence-electron chi connectivity index (χ2n) is 3.68. The van der Waals surface area contributed by atoms with E-state index < -0.39 is 0 Å². The maximum absolute atomic E-state index is 5.90. The number of thiophene rings is 1. The van der Waals surface area contributed by atoms with Gasteiger partial charge in [0.15, 0.2) is 0 Å². The number of thiazole rings is 1. The quantitative estimate of drug-likeness (QED) is 0.748. The SMILES string of the molecule is Cc1ncc(CNc2nc(Cl)nc3sccc23)s1. The van der Waals surface area contributed by atoms with Crippen LogP contribution in [0.3, 0.4) is 0 Å². The van der Waals surface area contributed by atoms with E-state index in [4.69, 9.17) is 11.6 Å². The number of hydrogen-bond acceptors (Lipinski definition) is 6. The lowest BCUT2D eigenvalue weighted by Gasteiger charge is -2.05. The van der Waals surface area contributed by atoms with Crippen molar-refractivity contribution in [1.29, 1.82) is 0 Å². The van der Waals surface area contributed by atoms with Gasteiger partial charge >= 0.3 is 0 Å². The number of aryl methyl sites for hydroxylation is 1. The number of rotatable bonds is 3. The van der Waals surface area contributed by atoms with Crippen molar-refractivity contribution < 1.29 is 0 Å². The summed E-state index contributed by atoms with van der Waals surface area (Å²) >= 11 is 9.13. The average molecular weight is 297 g/mol. The molecule has 3 heterocycles. The van der Waals surface area contributed by atoms with E-state index in [1.165, 1.54) is 4.88 Å². The summed E-state index contributed by atoms with van der Waals surface area (Å²) in [7, 11) is 0. The van der Waals surface area contributed by atoms with Gasteiger partial charge in [0, 0.05) is 11.1 Å². The van der Waals surface area contributed by atoms with Gasteiger partial charge in [-0.05, 0) is 30.0 Å². The fraction of sp³-hybridized carbons (Fsp3) is 0.182. The van der Waals surface area contributed by atoms with E-state index in [-0.39, 0.29) is 5.28 Å². The monoisotopic (exact) mass is 296 g/mol. The number of fused-ring (bicyclic) bond motifs is 1. The van der Waals surface area contributed by atoms with E-state index in [0.29, 0.717) is 6.54 Å². The highest BCUT2D eigenvalue weighted by molar-refractivity contribution is 7.16. The standard InChI is InChI=1S/C11H9ClN4S2/c1-6-13-4-7(18-6)5-14-9-8-2-3-17-10(8)16-11(12)15-9/h2-4H,5H2,1H3,(H,14,15,16). The first-order chi connectivity index (χ1) is 8.72. The minimum absolute atomic E-state index is 0.271. The number of halogens is 1. The summed E-state index contributed by atoms with van der Waals surface area (Å²) in [5.41, 5.74) is 0. The number of nitrogens with one attached hydrogen (secondary N) is 1. The summed E-state index contributed by atoms with van der Waals surface area (Å²) in [4.78, 5) is 14.7. The van der Waals surface area contributed by atoms with Crippen molar-refractivity contribution in [2.75, 3.05) is 5.32 Å². The average Bonchev–Trinajstić information content (AvgIpc) is 2.94. The minimum atomic E-state index is 0.271. The molecule has 0 aromatic carbocycles. The molecule has 0 saturated carbocycles. The van der Waals surface area contributed by atoms with Crippen LogP contribution in [-0.4, -0.2) is 15.0 Å². The van der Waals surface area contributed by atoms with Gasteiger partial charge in [0.2, 0.25) is 5.28 Å². The van der Waals surface area contributed by atoms with Crippen molar-refractivity contribution in [1.82, 2.24) is 15.0 Å². The molecule has 1 N–H and O–H groups in total. The summed E-state index contributed by atoms with van der Waals surface area (Å²) < 4.78 is 0. The van der Waals surface area contributed by atoms with Gasteiger partial charge < -0.3 is 5.32 Å². The van der Waals surface area contributed by atoms with Crippen molar-refractivity contribution in [3.8, 4) is 0 Å². The fourth-order valence-electron chi connectivity index (χ4n) is 1.62. The topological polar surface area (TPSA) is 50.7 Å². The molecule has 0 unspecified atom stereocenters. The van der Waals surface area contributed by atoms with Crippen LogP contribution in [0.25, 0.3) is 10.2 Å². The van der Waals surface area contributed by atoms with Crippen molar-refractivity contribution in [3.05, 3.63) is 32.8 Å². The van der Waals surface area contributed by atoms with Crippen LogP contribution in [0.4, 0.5) is 5.82 Å². The highest BCUT2D eigenvalue weighted by atomic mass is 35.5. The van der Waals surface area contributed by atoms with Crippen LogP contribution >= 0.6 is 34.3 Å². The Bertz CT molecular complexity index is 691. The molecular formula is C11H9ClN4S2. The highest BCUT2D eigenvalue weighted by Gasteiger charge is 2.08. The summed E-state index contributed by atoms with van der Waals surface area (Å²) in [6.45, 7) is 2.69. The molecule has 0 aliphatic heterocycles. The molecule has 0 aliphatic carbocycles. The summed E-state index contributed by atoms with van der Waals surface area (Å²) in [5.74, 6) is 0.775. The molecule has 0 spiro atoms. The van der Waals surface area contributed by atoms with Gasteiger partial charge in [0.05, 0.1) is 16.9 Å². The molecule has 0 radical (unpaired) electrons. The fourth-order valence-corrected chi connectivity index (χ4v) is 3.34. The smallest absolute Gasteiger partial charge is 0.225 e. The van der Waals surface area contributed by atoms with Crippen LogP contribution in [0.1, 0.15) is 9.88 Å². The zero-order chi connectivity index (χ0) is 12.5. The summed E-state index contributed by atoms with van der Waals surface area (Å²) in [6, 6.07) is 2.00. The second-order valence-corrected chi connectivity index (χ2v) is 6.23. The Morgan fingerprint density at radius 3 is 3.06 bits per heavy atom. The first-order valence-electron chi connectivity index (χ1n) is 5.28. The Morgan fingerprint density at radius 1 is 1.39 bits per heavy atom. The molecule has 0 bridgehead atoms. The predicted octanol–water partition coefficient (Wildman–Crippen LogP) is 3.72. The van der Waals surface area contributed by atoms with E-state index in [0.717, 1.165) is 21.0 Å². The number of anilines is 1. The largest absolute Gasteiger partial charge is 0.364 e. The molecule has 0 saturated heterocycles. The van der Waals surface area contributed by atoms with E-state index in [2.05, 4.69) is 20.3 Å². The molecule has 0 amide bonds. The highest BCUT2D eigenvalue weighted by Crippen LogP contribution is 2.27. The van der Waals surface area contributed by atoms with Crippen molar-refractivity contribution in [2.45, 2.75) is 13.5 Å². The molecule has 18 heavy (non-hydrogen) atoms. The lowest BCUT2D eigenvalue weighted by molar-refractivity contribution is 1.12. The molecule has 92 valence electrons. The normalized spacial score (nSPS) is 11.0. The van der Waals surface area contributed by atoms with Gasteiger partial charge in [-0.15, -0.1) is 22.7 Å². The Labute approximate surface area is 117 Å². The minimum Gasteiger partial charge on any atom is -0.364 e. The summed E-state index contributed by atoms with van der Waals surface area (Å²) in [5, 5.41) is 7.61. The van der Waals surface area contributed by atoms with Crippen LogP contribution in [0.15, 0.2) is 17.6 Å². The van der Waals surface area contributed by atoms with Crippen LogP contribution in [0.5, 0.6) is 0 Å². The zero-order valence-electron chi connectivity index (χ0n) is 9.48. The number of aromatic nitrogens is 3. The zero-order valence-corrected chi connectivity index (χ0v) is 11.9. The third-order valence-electron chi connectivity index (χ3n) is 2.40. The van der Waals surface area contributed by atoms with Gasteiger partial charge in [-0.1, -0.05) is 0 Å². The lowest BCUT2D eigenvalue weighted by atomic mass is 10.4. The summed E-state index contributed by atoms with van der Waals surface area (Å²) in [6.07, 6.45) is 1.88. The molecular weight excluding hydrogens is 288 g/mol. The van der Waals surface area contributed by atoms with Crippen LogP contribution in [-0.2, 0) is 6.54 Å². The van der Waals surface area contributed by atoms with E-state index >= 15 is 0 Å². The maximum Gasteiger partial charge on any atom is 0.225 e. The molecule has 3 aromatic heterocycles. The molecule has 0 aliphatic rings. The Kier molecular flexibility index (Phi) is 3.15. The van der Waals surface area contributed by atoms with Crippen LogP contribution < -0.4 is 5.32 Å². The van der Waals surface area contributed by atoms with Gasteiger partial charge in [0.25, 0.3) is 0 Å². The van der Waals surface area contributed by atoms with Crippen molar-refractivity contribution in [2.24, 2.45) is 0 Å². The molecule has 0 fully saturated rings. The predicted molar refractivity (Wildman–Crippen MR) is 76.6 cm³/mol. The lowest BCUT2D eigenvalue weighted by Crippen LogP contribution is -2.01. The van der Waals surface area contributed by atoms with Gasteiger partial charge in [-0.2, -0.15) is 0 Å². The first kappa shape index (κ1) is 11.8. The van der Waals surface area contributed by atoms with Gasteiger partial charge in [-0.25, -0.2) is 15.0 Å². The molecule has 3 aromatic rings. The maximum atomic E-state index is 5.90. The van der Waals surface area contributed by atoms with Crippen LogP contribution in [0.2, 0.25) is 5.28 Å².